The van der Waals surface area contributed by atoms with Gasteiger partial charge in [-0.05, 0) is 55.3 Å². The number of hydrogen-bond donors (Lipinski definition) is 1. The number of aryl methyl sites for hydroxylation is 1. The first-order chi connectivity index (χ1) is 12.5. The van der Waals surface area contributed by atoms with Crippen molar-refractivity contribution >= 4 is 17.6 Å². The highest BCUT2D eigenvalue weighted by Crippen LogP contribution is 2.37. The summed E-state index contributed by atoms with van der Waals surface area (Å²) in [6.45, 7) is 2.71. The van der Waals surface area contributed by atoms with E-state index in [9.17, 15) is 9.18 Å². The number of rotatable bonds is 10. The molecule has 0 aliphatic rings. The highest BCUT2D eigenvalue weighted by molar-refractivity contribution is 6.32. The van der Waals surface area contributed by atoms with Gasteiger partial charge >= 0.3 is 5.97 Å². The smallest absolute Gasteiger partial charge is 0.303 e. The summed E-state index contributed by atoms with van der Waals surface area (Å²) in [4.78, 5) is 10.7. The Hall–Kier alpha value is -2.47. The largest absolute Gasteiger partial charge is 0.490 e. The third kappa shape index (κ3) is 6.11. The van der Waals surface area contributed by atoms with Gasteiger partial charge in [0.05, 0.1) is 11.6 Å². The van der Waals surface area contributed by atoms with Crippen LogP contribution < -0.4 is 14.2 Å². The van der Waals surface area contributed by atoms with Gasteiger partial charge < -0.3 is 19.3 Å². The van der Waals surface area contributed by atoms with Crippen LogP contribution in [0.4, 0.5) is 4.39 Å². The van der Waals surface area contributed by atoms with Crippen molar-refractivity contribution in [2.45, 2.75) is 19.8 Å². The van der Waals surface area contributed by atoms with Gasteiger partial charge in [-0.2, -0.15) is 0 Å². The van der Waals surface area contributed by atoms with Crippen molar-refractivity contribution in [2.24, 2.45) is 0 Å². The van der Waals surface area contributed by atoms with E-state index in [-0.39, 0.29) is 25.5 Å². The quantitative estimate of drug-likeness (QED) is 0.619. The molecule has 0 radical (unpaired) electrons. The summed E-state index contributed by atoms with van der Waals surface area (Å²) >= 11 is 6.26. The topological polar surface area (TPSA) is 65.0 Å². The van der Waals surface area contributed by atoms with Gasteiger partial charge in [-0.25, -0.2) is 4.39 Å². The van der Waals surface area contributed by atoms with E-state index < -0.39 is 5.97 Å². The predicted octanol–water partition coefficient (Wildman–Crippen LogP) is 4.35. The highest BCUT2D eigenvalue weighted by atomic mass is 35.5. The van der Waals surface area contributed by atoms with Gasteiger partial charge in [0.15, 0.2) is 11.5 Å². The van der Waals surface area contributed by atoms with E-state index in [4.69, 9.17) is 30.9 Å². The normalized spacial score (nSPS) is 10.4. The number of hydrogen-bond acceptors (Lipinski definition) is 4. The Morgan fingerprint density at radius 2 is 1.81 bits per heavy atom. The van der Waals surface area contributed by atoms with Crippen molar-refractivity contribution in [1.29, 1.82) is 0 Å². The zero-order chi connectivity index (χ0) is 18.9. The first-order valence-electron chi connectivity index (χ1n) is 8.17. The Labute approximate surface area is 156 Å². The van der Waals surface area contributed by atoms with Crippen LogP contribution in [0.15, 0.2) is 36.4 Å². The lowest BCUT2D eigenvalue weighted by atomic mass is 10.1. The van der Waals surface area contributed by atoms with E-state index in [1.54, 1.807) is 12.1 Å². The monoisotopic (exact) mass is 382 g/mol. The number of aliphatic carboxylic acids is 1. The minimum Gasteiger partial charge on any atom is -0.490 e. The molecule has 2 aromatic rings. The Bertz CT molecular complexity index is 733. The Morgan fingerprint density at radius 1 is 1.12 bits per heavy atom. The molecule has 1 N–H and O–H groups in total. The maximum Gasteiger partial charge on any atom is 0.303 e. The summed E-state index contributed by atoms with van der Waals surface area (Å²) in [6.07, 6.45) is 0.358. The molecule has 140 valence electrons. The fourth-order valence-electron chi connectivity index (χ4n) is 2.25. The Balaban J connectivity index is 1.97. The van der Waals surface area contributed by atoms with E-state index in [2.05, 4.69) is 0 Å². The molecular formula is C19H20ClFO5. The zero-order valence-electron chi connectivity index (χ0n) is 14.3. The molecule has 0 atom stereocenters. The molecule has 0 heterocycles. The molecule has 0 aliphatic carbocycles. The number of halogens is 2. The number of ether oxygens (including phenoxy) is 3. The molecule has 0 spiro atoms. The first kappa shape index (κ1) is 19.8. The second-order valence-corrected chi connectivity index (χ2v) is 5.79. The SMILES string of the molecule is CCOc1cc(CCC(=O)O)cc(Cl)c1OCCOc1ccc(F)cc1. The number of carboxylic acids is 1. The predicted molar refractivity (Wildman–Crippen MR) is 96.0 cm³/mol. The van der Waals surface area contributed by atoms with Crippen LogP contribution in [0.2, 0.25) is 5.02 Å². The summed E-state index contributed by atoms with van der Waals surface area (Å²) < 4.78 is 29.5. The average molecular weight is 383 g/mol. The van der Waals surface area contributed by atoms with Gasteiger partial charge in [0.2, 0.25) is 0 Å². The minimum atomic E-state index is -0.877. The second kappa shape index (κ2) is 9.87. The minimum absolute atomic E-state index is 0.00755. The van der Waals surface area contributed by atoms with Gasteiger partial charge in [-0.3, -0.25) is 4.79 Å². The van der Waals surface area contributed by atoms with E-state index in [1.807, 2.05) is 6.92 Å². The summed E-state index contributed by atoms with van der Waals surface area (Å²) in [7, 11) is 0. The van der Waals surface area contributed by atoms with Gasteiger partial charge in [-0.1, -0.05) is 11.6 Å². The molecule has 2 rings (SSSR count). The van der Waals surface area contributed by atoms with Crippen LogP contribution in [0.5, 0.6) is 17.2 Å². The van der Waals surface area contributed by atoms with Crippen LogP contribution in [0, 0.1) is 5.82 Å². The summed E-state index contributed by atoms with van der Waals surface area (Å²) in [5, 5.41) is 9.15. The Kier molecular flexibility index (Phi) is 7.53. The van der Waals surface area contributed by atoms with Gasteiger partial charge in [0.25, 0.3) is 0 Å². The standard InChI is InChI=1S/C19H20ClFO5/c1-2-24-17-12-13(3-8-18(22)23)11-16(20)19(17)26-10-9-25-15-6-4-14(21)5-7-15/h4-7,11-12H,2-3,8-10H2,1H3,(H,22,23). The molecule has 0 amide bonds. The molecular weight excluding hydrogens is 363 g/mol. The third-order valence-electron chi connectivity index (χ3n) is 3.41. The van der Waals surface area contributed by atoms with Crippen molar-refractivity contribution in [3.05, 3.63) is 52.8 Å². The number of carbonyl (C=O) groups is 1. The highest BCUT2D eigenvalue weighted by Gasteiger charge is 2.13. The molecule has 0 bridgehead atoms. The average Bonchev–Trinajstić information content (AvgIpc) is 2.60. The lowest BCUT2D eigenvalue weighted by Crippen LogP contribution is -2.10. The van der Waals surface area contributed by atoms with Crippen LogP contribution in [0.25, 0.3) is 0 Å². The lowest BCUT2D eigenvalue weighted by molar-refractivity contribution is -0.136. The summed E-state index contributed by atoms with van der Waals surface area (Å²) in [6, 6.07) is 9.10. The first-order valence-corrected chi connectivity index (χ1v) is 8.55. The lowest BCUT2D eigenvalue weighted by Gasteiger charge is -2.15. The molecule has 2 aromatic carbocycles. The molecule has 7 heteroatoms. The van der Waals surface area contributed by atoms with Gasteiger partial charge in [0.1, 0.15) is 24.8 Å². The molecule has 0 aliphatic heterocycles. The molecule has 26 heavy (non-hydrogen) atoms. The Morgan fingerprint density at radius 3 is 2.46 bits per heavy atom. The van der Waals surface area contributed by atoms with Crippen molar-refractivity contribution in [3.63, 3.8) is 0 Å². The van der Waals surface area contributed by atoms with E-state index in [1.165, 1.54) is 24.3 Å². The zero-order valence-corrected chi connectivity index (χ0v) is 15.1. The van der Waals surface area contributed by atoms with Gasteiger partial charge in [-0.15, -0.1) is 0 Å². The van der Waals surface area contributed by atoms with Crippen LogP contribution in [-0.4, -0.2) is 30.9 Å². The fourth-order valence-corrected chi connectivity index (χ4v) is 2.54. The molecule has 0 unspecified atom stereocenters. The van der Waals surface area contributed by atoms with E-state index in [0.717, 1.165) is 5.56 Å². The summed E-state index contributed by atoms with van der Waals surface area (Å²) in [5.41, 5.74) is 0.760. The molecule has 0 saturated carbocycles. The van der Waals surface area contributed by atoms with Crippen molar-refractivity contribution in [1.82, 2.24) is 0 Å². The van der Waals surface area contributed by atoms with Crippen LogP contribution in [-0.2, 0) is 11.2 Å². The fraction of sp³-hybridized carbons (Fsp3) is 0.316. The van der Waals surface area contributed by atoms with Crippen molar-refractivity contribution in [2.75, 3.05) is 19.8 Å². The van der Waals surface area contributed by atoms with E-state index in [0.29, 0.717) is 35.3 Å². The maximum atomic E-state index is 12.8. The molecule has 5 nitrogen and oxygen atoms in total. The van der Waals surface area contributed by atoms with E-state index >= 15 is 0 Å². The van der Waals surface area contributed by atoms with Crippen molar-refractivity contribution < 1.29 is 28.5 Å². The second-order valence-electron chi connectivity index (χ2n) is 5.38. The molecule has 0 aromatic heterocycles. The summed E-state index contributed by atoms with van der Waals surface area (Å²) in [5.74, 6) is 0.176. The number of benzene rings is 2. The third-order valence-corrected chi connectivity index (χ3v) is 3.69. The molecule has 0 fully saturated rings. The van der Waals surface area contributed by atoms with Crippen LogP contribution in [0.3, 0.4) is 0 Å². The van der Waals surface area contributed by atoms with Crippen molar-refractivity contribution in [3.8, 4) is 17.2 Å². The maximum absolute atomic E-state index is 12.8. The van der Waals surface area contributed by atoms with Crippen LogP contribution in [0.1, 0.15) is 18.9 Å². The number of carboxylic acid groups (broad SMARTS) is 1. The van der Waals surface area contributed by atoms with Crippen LogP contribution >= 0.6 is 11.6 Å². The molecule has 0 saturated heterocycles. The van der Waals surface area contributed by atoms with Gasteiger partial charge in [0, 0.05) is 6.42 Å².